The third-order valence-corrected chi connectivity index (χ3v) is 9.41. The van der Waals surface area contributed by atoms with E-state index in [9.17, 15) is 14.4 Å². The molecular weight excluding hydrogens is 502 g/mol. The minimum absolute atomic E-state index is 0.0356. The first-order valence-electron chi connectivity index (χ1n) is 14.7. The number of piperidine rings is 1. The number of aromatic nitrogens is 2. The smallest absolute Gasteiger partial charge is 0.259 e. The Bertz CT molecular complexity index is 1430. The van der Waals surface area contributed by atoms with Crippen molar-refractivity contribution in [3.8, 4) is 0 Å². The van der Waals surface area contributed by atoms with Gasteiger partial charge in [0.25, 0.3) is 5.91 Å². The number of nitrogens with zero attached hydrogens (tertiary/aromatic N) is 4. The molecule has 2 aliphatic heterocycles. The molecule has 6 rings (SSSR count). The molecule has 0 bridgehead atoms. The van der Waals surface area contributed by atoms with Gasteiger partial charge < -0.3 is 9.80 Å². The van der Waals surface area contributed by atoms with Gasteiger partial charge in [0.2, 0.25) is 12.3 Å². The number of anilines is 1. The Labute approximate surface area is 235 Å². The van der Waals surface area contributed by atoms with Gasteiger partial charge in [-0.25, -0.2) is 0 Å². The lowest BCUT2D eigenvalue weighted by atomic mass is 9.70. The number of nitrogens with one attached hydrogen (secondary N) is 1. The summed E-state index contributed by atoms with van der Waals surface area (Å²) in [6.07, 6.45) is 12.4. The second-order valence-electron chi connectivity index (χ2n) is 12.4. The molecule has 210 valence electrons. The maximum absolute atomic E-state index is 13.4. The van der Waals surface area contributed by atoms with Gasteiger partial charge in [-0.1, -0.05) is 31.5 Å². The number of carbonyl (C=O) groups is 3. The van der Waals surface area contributed by atoms with E-state index in [1.165, 1.54) is 36.9 Å². The normalized spacial score (nSPS) is 19.6. The van der Waals surface area contributed by atoms with E-state index >= 15 is 0 Å². The van der Waals surface area contributed by atoms with Gasteiger partial charge in [-0.15, -0.1) is 0 Å². The Hall–Kier alpha value is -3.52. The summed E-state index contributed by atoms with van der Waals surface area (Å²) in [7, 11) is 0. The van der Waals surface area contributed by atoms with E-state index in [1.807, 2.05) is 31.3 Å². The Morgan fingerprint density at radius 3 is 2.73 bits per heavy atom. The van der Waals surface area contributed by atoms with Crippen molar-refractivity contribution in [2.24, 2.45) is 5.41 Å². The molecule has 1 atom stereocenters. The van der Waals surface area contributed by atoms with Gasteiger partial charge in [-0.3, -0.25) is 24.4 Å². The zero-order valence-corrected chi connectivity index (χ0v) is 23.6. The van der Waals surface area contributed by atoms with Crippen molar-refractivity contribution in [2.75, 3.05) is 24.5 Å². The van der Waals surface area contributed by atoms with Crippen LogP contribution in [0.3, 0.4) is 0 Å². The van der Waals surface area contributed by atoms with Crippen LogP contribution in [0.15, 0.2) is 42.7 Å². The van der Waals surface area contributed by atoms with Crippen LogP contribution in [0.5, 0.6) is 0 Å². The van der Waals surface area contributed by atoms with E-state index in [0.717, 1.165) is 48.8 Å². The highest BCUT2D eigenvalue weighted by Crippen LogP contribution is 2.42. The lowest BCUT2D eigenvalue weighted by Crippen LogP contribution is -2.44. The first kappa shape index (κ1) is 26.7. The van der Waals surface area contributed by atoms with Gasteiger partial charge in [0, 0.05) is 55.7 Å². The van der Waals surface area contributed by atoms with Gasteiger partial charge >= 0.3 is 0 Å². The fourth-order valence-electron chi connectivity index (χ4n) is 6.97. The molecule has 1 aliphatic carbocycles. The Morgan fingerprint density at radius 2 is 2.00 bits per heavy atom. The molecule has 2 fully saturated rings. The van der Waals surface area contributed by atoms with Crippen LogP contribution in [0.4, 0.5) is 5.69 Å². The number of imide groups is 1. The standard InChI is InChI=1S/C32H39N5O3/c1-22(7-10-29(39)33-21-38)37-28-9-8-24(26-5-3-6-27(30(26)28)31(37)40)17-23-18-34-36(19-23)25-11-15-35(16-12-25)20-32(2)13-4-14-32/h3,5-6,8-9,18-19,21-22,25H,4,7,10-17,20H2,1-2H3,(H,33,38,39). The monoisotopic (exact) mass is 541 g/mol. The number of hydrogen-bond donors (Lipinski definition) is 1. The number of amides is 3. The number of benzene rings is 2. The number of likely N-dealkylation sites (tertiary alicyclic amines) is 1. The minimum Gasteiger partial charge on any atom is -0.305 e. The second-order valence-corrected chi connectivity index (χ2v) is 12.4. The Morgan fingerprint density at radius 1 is 1.20 bits per heavy atom. The Kier molecular flexibility index (Phi) is 7.21. The maximum Gasteiger partial charge on any atom is 0.259 e. The van der Waals surface area contributed by atoms with Crippen molar-refractivity contribution in [1.82, 2.24) is 20.0 Å². The number of hydrogen-bond acceptors (Lipinski definition) is 5. The van der Waals surface area contributed by atoms with Crippen LogP contribution >= 0.6 is 0 Å². The predicted octanol–water partition coefficient (Wildman–Crippen LogP) is 4.86. The molecule has 0 radical (unpaired) electrons. The van der Waals surface area contributed by atoms with Crippen molar-refractivity contribution in [3.63, 3.8) is 0 Å². The van der Waals surface area contributed by atoms with Crippen LogP contribution in [-0.4, -0.2) is 58.6 Å². The van der Waals surface area contributed by atoms with Crippen LogP contribution in [0.25, 0.3) is 10.8 Å². The third kappa shape index (κ3) is 5.05. The van der Waals surface area contributed by atoms with E-state index in [-0.39, 0.29) is 24.3 Å². The highest BCUT2D eigenvalue weighted by molar-refractivity contribution is 6.25. The Balaban J connectivity index is 1.15. The average Bonchev–Trinajstić information content (AvgIpc) is 3.52. The van der Waals surface area contributed by atoms with Crippen molar-refractivity contribution in [3.05, 3.63) is 59.4 Å². The first-order valence-corrected chi connectivity index (χ1v) is 14.7. The van der Waals surface area contributed by atoms with Gasteiger partial charge in [0.1, 0.15) is 0 Å². The molecule has 3 amide bonds. The molecule has 2 aromatic carbocycles. The summed E-state index contributed by atoms with van der Waals surface area (Å²) < 4.78 is 2.17. The summed E-state index contributed by atoms with van der Waals surface area (Å²) in [4.78, 5) is 40.2. The molecule has 3 heterocycles. The van der Waals surface area contributed by atoms with Gasteiger partial charge in [0.15, 0.2) is 0 Å². The summed E-state index contributed by atoms with van der Waals surface area (Å²) in [6, 6.07) is 10.4. The molecule has 8 nitrogen and oxygen atoms in total. The van der Waals surface area contributed by atoms with Crippen LogP contribution in [0.1, 0.15) is 86.3 Å². The van der Waals surface area contributed by atoms with Gasteiger partial charge in [-0.2, -0.15) is 5.10 Å². The molecule has 1 saturated heterocycles. The molecule has 40 heavy (non-hydrogen) atoms. The molecule has 3 aromatic rings. The molecule has 1 aromatic heterocycles. The molecule has 0 spiro atoms. The van der Waals surface area contributed by atoms with E-state index in [2.05, 4.69) is 40.2 Å². The number of carbonyl (C=O) groups excluding carboxylic acids is 3. The topological polar surface area (TPSA) is 87.5 Å². The quantitative estimate of drug-likeness (QED) is 0.371. The number of rotatable bonds is 10. The van der Waals surface area contributed by atoms with Crippen LogP contribution in [0.2, 0.25) is 0 Å². The summed E-state index contributed by atoms with van der Waals surface area (Å²) >= 11 is 0. The average molecular weight is 542 g/mol. The lowest BCUT2D eigenvalue weighted by Gasteiger charge is -2.44. The SMILES string of the molecule is CC(CCC(=O)NC=O)N1C(=O)c2cccc3c(Cc4cnn(C5CCN(CC6(C)CCC6)CC5)c4)ccc1c23. The van der Waals surface area contributed by atoms with Crippen LogP contribution in [-0.2, 0) is 16.0 Å². The third-order valence-electron chi connectivity index (χ3n) is 9.41. The van der Waals surface area contributed by atoms with Crippen molar-refractivity contribution in [2.45, 2.75) is 77.3 Å². The second kappa shape index (κ2) is 10.8. The van der Waals surface area contributed by atoms with Crippen molar-refractivity contribution in [1.29, 1.82) is 0 Å². The van der Waals surface area contributed by atoms with Gasteiger partial charge in [-0.05, 0) is 73.1 Å². The largest absolute Gasteiger partial charge is 0.305 e. The van der Waals surface area contributed by atoms with E-state index in [1.54, 1.807) is 4.90 Å². The molecule has 1 N–H and O–H groups in total. The van der Waals surface area contributed by atoms with Crippen molar-refractivity contribution < 1.29 is 14.4 Å². The summed E-state index contributed by atoms with van der Waals surface area (Å²) in [5, 5.41) is 9.01. The van der Waals surface area contributed by atoms with E-state index < -0.39 is 0 Å². The summed E-state index contributed by atoms with van der Waals surface area (Å²) in [5.74, 6) is -0.368. The fraction of sp³-hybridized carbons (Fsp3) is 0.500. The van der Waals surface area contributed by atoms with E-state index in [0.29, 0.717) is 29.9 Å². The maximum atomic E-state index is 13.4. The van der Waals surface area contributed by atoms with E-state index in [4.69, 9.17) is 5.10 Å². The molecule has 1 unspecified atom stereocenters. The summed E-state index contributed by atoms with van der Waals surface area (Å²) in [6.45, 7) is 7.92. The zero-order valence-electron chi connectivity index (χ0n) is 23.6. The minimum atomic E-state index is -0.333. The fourth-order valence-corrected chi connectivity index (χ4v) is 6.97. The highest BCUT2D eigenvalue weighted by Gasteiger charge is 2.35. The van der Waals surface area contributed by atoms with Crippen LogP contribution < -0.4 is 10.2 Å². The predicted molar refractivity (Wildman–Crippen MR) is 155 cm³/mol. The molecule has 1 saturated carbocycles. The molecule has 8 heteroatoms. The van der Waals surface area contributed by atoms with Gasteiger partial charge in [0.05, 0.1) is 17.9 Å². The zero-order chi connectivity index (χ0) is 27.9. The summed E-state index contributed by atoms with van der Waals surface area (Å²) in [5.41, 5.74) is 4.49. The first-order chi connectivity index (χ1) is 19.3. The lowest BCUT2D eigenvalue weighted by molar-refractivity contribution is -0.125. The molecule has 3 aliphatic rings. The molecular formula is C32H39N5O3. The van der Waals surface area contributed by atoms with Crippen LogP contribution in [0, 0.1) is 5.41 Å². The van der Waals surface area contributed by atoms with Crippen molar-refractivity contribution >= 4 is 34.7 Å². The highest BCUT2D eigenvalue weighted by atomic mass is 16.2.